The molecule has 0 bridgehead atoms. The van der Waals surface area contributed by atoms with Crippen molar-refractivity contribution in [1.82, 2.24) is 4.90 Å². The molecule has 5 nitrogen and oxygen atoms in total. The number of fused-ring (bicyclic) bond motifs is 1. The topological polar surface area (TPSA) is 67.6 Å². The molecule has 1 aliphatic rings. The summed E-state index contributed by atoms with van der Waals surface area (Å²) in [7, 11) is -3.00. The number of hydrogen-bond acceptors (Lipinski definition) is 4. The van der Waals surface area contributed by atoms with Crippen molar-refractivity contribution in [3.8, 4) is 0 Å². The third kappa shape index (κ3) is 3.07. The third-order valence-electron chi connectivity index (χ3n) is 4.99. The molecule has 1 atom stereocenters. The summed E-state index contributed by atoms with van der Waals surface area (Å²) >= 11 is 0. The van der Waals surface area contributed by atoms with Crippen molar-refractivity contribution in [3.05, 3.63) is 35.1 Å². The molecule has 1 fully saturated rings. The van der Waals surface area contributed by atoms with E-state index in [9.17, 15) is 13.2 Å². The second-order valence-corrected chi connectivity index (χ2v) is 8.79. The number of aryl methyl sites for hydroxylation is 2. The van der Waals surface area contributed by atoms with Crippen LogP contribution in [0.4, 0.5) is 0 Å². The fourth-order valence-electron chi connectivity index (χ4n) is 3.45. The lowest BCUT2D eigenvalue weighted by Crippen LogP contribution is -2.41. The van der Waals surface area contributed by atoms with E-state index in [4.69, 9.17) is 4.42 Å². The van der Waals surface area contributed by atoms with E-state index in [0.29, 0.717) is 13.0 Å². The Morgan fingerprint density at radius 3 is 2.71 bits per heavy atom. The third-order valence-corrected chi connectivity index (χ3v) is 6.74. The van der Waals surface area contributed by atoms with Crippen molar-refractivity contribution >= 4 is 26.7 Å². The molecule has 24 heavy (non-hydrogen) atoms. The predicted octanol–water partition coefficient (Wildman–Crippen LogP) is 2.63. The van der Waals surface area contributed by atoms with Gasteiger partial charge in [0.05, 0.1) is 24.2 Å². The standard InChI is InChI=1S/C18H23NO4S/c1-4-19(15-7-8-24(21,22)11-15)17(20)9-14-10-23-18-13(3)12(2)5-6-16(14)18/h5-6,10,15H,4,7-9,11H2,1-3H3. The first-order chi connectivity index (χ1) is 11.3. The van der Waals surface area contributed by atoms with Crippen molar-refractivity contribution in [3.63, 3.8) is 0 Å². The van der Waals surface area contributed by atoms with Gasteiger partial charge in [-0.2, -0.15) is 0 Å². The molecule has 130 valence electrons. The van der Waals surface area contributed by atoms with Crippen molar-refractivity contribution in [2.75, 3.05) is 18.1 Å². The average Bonchev–Trinajstić information content (AvgIpc) is 3.08. The van der Waals surface area contributed by atoms with E-state index in [1.54, 1.807) is 11.2 Å². The maximum absolute atomic E-state index is 12.7. The van der Waals surface area contributed by atoms with E-state index in [0.717, 1.165) is 27.7 Å². The zero-order valence-electron chi connectivity index (χ0n) is 14.3. The molecular formula is C18H23NO4S. The van der Waals surface area contributed by atoms with Crippen LogP contribution in [-0.4, -0.2) is 43.3 Å². The molecule has 0 radical (unpaired) electrons. The minimum absolute atomic E-state index is 0.0412. The van der Waals surface area contributed by atoms with Crippen molar-refractivity contribution in [2.24, 2.45) is 0 Å². The lowest BCUT2D eigenvalue weighted by Gasteiger charge is -2.26. The minimum Gasteiger partial charge on any atom is -0.464 e. The summed E-state index contributed by atoms with van der Waals surface area (Å²) in [5.74, 6) is 0.214. The van der Waals surface area contributed by atoms with Gasteiger partial charge >= 0.3 is 0 Å². The number of carbonyl (C=O) groups is 1. The van der Waals surface area contributed by atoms with Gasteiger partial charge in [0.1, 0.15) is 5.58 Å². The number of benzene rings is 1. The van der Waals surface area contributed by atoms with Gasteiger partial charge < -0.3 is 9.32 Å². The summed E-state index contributed by atoms with van der Waals surface area (Å²) in [6, 6.07) is 3.82. The number of nitrogens with zero attached hydrogens (tertiary/aromatic N) is 1. The van der Waals surface area contributed by atoms with Crippen molar-refractivity contribution < 1.29 is 17.6 Å². The SMILES string of the molecule is CCN(C(=O)Cc1coc2c(C)c(C)ccc12)C1CCS(=O)(=O)C1. The number of likely N-dealkylation sites (N-methyl/N-ethyl adjacent to an activating group) is 1. The van der Waals surface area contributed by atoms with Gasteiger partial charge in [-0.3, -0.25) is 4.79 Å². The largest absolute Gasteiger partial charge is 0.464 e. The number of furan rings is 1. The van der Waals surface area contributed by atoms with E-state index < -0.39 is 9.84 Å². The highest BCUT2D eigenvalue weighted by Gasteiger charge is 2.34. The maximum atomic E-state index is 12.7. The van der Waals surface area contributed by atoms with Crippen LogP contribution in [0.25, 0.3) is 11.0 Å². The molecule has 6 heteroatoms. The Labute approximate surface area is 142 Å². The molecule has 2 heterocycles. The van der Waals surface area contributed by atoms with E-state index >= 15 is 0 Å². The molecule has 0 spiro atoms. The number of amides is 1. The Hall–Kier alpha value is -1.82. The van der Waals surface area contributed by atoms with Gasteiger partial charge in [0.25, 0.3) is 0 Å². The van der Waals surface area contributed by atoms with Gasteiger partial charge in [-0.15, -0.1) is 0 Å². The molecule has 1 aromatic carbocycles. The van der Waals surface area contributed by atoms with Crippen LogP contribution in [0.2, 0.25) is 0 Å². The Bertz CT molecular complexity index is 882. The molecule has 3 rings (SSSR count). The number of sulfone groups is 1. The van der Waals surface area contributed by atoms with Crippen LogP contribution >= 0.6 is 0 Å². The van der Waals surface area contributed by atoms with Gasteiger partial charge in [0.15, 0.2) is 9.84 Å². The van der Waals surface area contributed by atoms with Crippen LogP contribution < -0.4 is 0 Å². The second kappa shape index (κ2) is 6.24. The molecule has 1 amide bonds. The van der Waals surface area contributed by atoms with Gasteiger partial charge in [0.2, 0.25) is 5.91 Å². The summed E-state index contributed by atoms with van der Waals surface area (Å²) in [5, 5.41) is 0.960. The maximum Gasteiger partial charge on any atom is 0.227 e. The fraction of sp³-hybridized carbons (Fsp3) is 0.500. The Balaban J connectivity index is 1.82. The minimum atomic E-state index is -3.00. The van der Waals surface area contributed by atoms with E-state index in [1.807, 2.05) is 32.9 Å². The second-order valence-electron chi connectivity index (χ2n) is 6.56. The Morgan fingerprint density at radius 2 is 2.08 bits per heavy atom. The number of carbonyl (C=O) groups excluding carboxylic acids is 1. The summed E-state index contributed by atoms with van der Waals surface area (Å²) in [6.07, 6.45) is 2.42. The van der Waals surface area contributed by atoms with Crippen molar-refractivity contribution in [1.29, 1.82) is 0 Å². The first-order valence-corrected chi connectivity index (χ1v) is 10.1. The zero-order valence-corrected chi connectivity index (χ0v) is 15.1. The molecule has 1 aromatic heterocycles. The highest BCUT2D eigenvalue weighted by Crippen LogP contribution is 2.27. The van der Waals surface area contributed by atoms with Gasteiger partial charge in [0, 0.05) is 23.5 Å². The quantitative estimate of drug-likeness (QED) is 0.851. The highest BCUT2D eigenvalue weighted by molar-refractivity contribution is 7.91. The lowest BCUT2D eigenvalue weighted by molar-refractivity contribution is -0.132. The van der Waals surface area contributed by atoms with Crippen LogP contribution in [0.5, 0.6) is 0 Å². The summed E-state index contributed by atoms with van der Waals surface area (Å²) in [6.45, 7) is 6.45. The van der Waals surface area contributed by atoms with Crippen LogP contribution in [0.1, 0.15) is 30.0 Å². The van der Waals surface area contributed by atoms with E-state index in [1.165, 1.54) is 0 Å². The normalized spacial score (nSPS) is 19.7. The molecular weight excluding hydrogens is 326 g/mol. The van der Waals surface area contributed by atoms with E-state index in [-0.39, 0.29) is 29.9 Å². The van der Waals surface area contributed by atoms with Crippen molar-refractivity contribution in [2.45, 2.75) is 39.7 Å². The number of hydrogen-bond donors (Lipinski definition) is 0. The number of rotatable bonds is 4. The van der Waals surface area contributed by atoms with Crippen LogP contribution in [-0.2, 0) is 21.1 Å². The Kier molecular flexibility index (Phi) is 4.42. The van der Waals surface area contributed by atoms with Gasteiger partial charge in [-0.05, 0) is 38.3 Å². The summed E-state index contributed by atoms with van der Waals surface area (Å²) < 4.78 is 29.1. The molecule has 1 unspecified atom stereocenters. The molecule has 0 saturated carbocycles. The zero-order chi connectivity index (χ0) is 17.5. The lowest BCUT2D eigenvalue weighted by atomic mass is 10.0. The van der Waals surface area contributed by atoms with Crippen LogP contribution in [0.15, 0.2) is 22.8 Å². The van der Waals surface area contributed by atoms with Crippen LogP contribution in [0.3, 0.4) is 0 Å². The predicted molar refractivity (Wildman–Crippen MR) is 93.8 cm³/mol. The van der Waals surface area contributed by atoms with Gasteiger partial charge in [-0.1, -0.05) is 12.1 Å². The molecule has 0 N–H and O–H groups in total. The van der Waals surface area contributed by atoms with Gasteiger partial charge in [-0.25, -0.2) is 8.42 Å². The molecule has 1 aliphatic heterocycles. The molecule has 0 aliphatic carbocycles. The Morgan fingerprint density at radius 1 is 1.33 bits per heavy atom. The summed E-state index contributed by atoms with van der Waals surface area (Å²) in [5.41, 5.74) is 3.92. The first kappa shape index (κ1) is 17.0. The average molecular weight is 349 g/mol. The van der Waals surface area contributed by atoms with E-state index in [2.05, 4.69) is 0 Å². The summed E-state index contributed by atoms with van der Waals surface area (Å²) in [4.78, 5) is 14.4. The van der Waals surface area contributed by atoms with Crippen LogP contribution in [0, 0.1) is 13.8 Å². The molecule has 2 aromatic rings. The molecule has 1 saturated heterocycles. The fourth-order valence-corrected chi connectivity index (χ4v) is 5.18. The first-order valence-electron chi connectivity index (χ1n) is 8.28. The smallest absolute Gasteiger partial charge is 0.227 e. The monoisotopic (exact) mass is 349 g/mol. The highest BCUT2D eigenvalue weighted by atomic mass is 32.2.